The number of methoxy groups -OCH3 is 1. The Bertz CT molecular complexity index is 463. The second kappa shape index (κ2) is 6.60. The smallest absolute Gasteiger partial charge is 0.328 e. The van der Waals surface area contributed by atoms with Crippen LogP contribution in [-0.4, -0.2) is 49.0 Å². The van der Waals surface area contributed by atoms with E-state index in [-0.39, 0.29) is 0 Å². The van der Waals surface area contributed by atoms with Crippen LogP contribution >= 0.6 is 0 Å². The van der Waals surface area contributed by atoms with Crippen LogP contribution in [0.25, 0.3) is 0 Å². The Labute approximate surface area is 110 Å². The Kier molecular flexibility index (Phi) is 5.13. The summed E-state index contributed by atoms with van der Waals surface area (Å²) in [5, 5.41) is 19.8. The molecular weight excluding hydrogens is 252 g/mol. The van der Waals surface area contributed by atoms with Crippen molar-refractivity contribution >= 4 is 17.7 Å². The van der Waals surface area contributed by atoms with Crippen LogP contribution in [0.2, 0.25) is 0 Å². The monoisotopic (exact) mass is 268 g/mol. The zero-order valence-corrected chi connectivity index (χ0v) is 10.7. The summed E-state index contributed by atoms with van der Waals surface area (Å²) >= 11 is 0. The van der Waals surface area contributed by atoms with Gasteiger partial charge in [-0.05, 0) is 12.1 Å². The molecule has 7 nitrogen and oxygen atoms in total. The van der Waals surface area contributed by atoms with Gasteiger partial charge in [-0.1, -0.05) is 6.07 Å². The number of carbonyl (C=O) groups excluding carboxylic acids is 1. The zero-order valence-electron chi connectivity index (χ0n) is 10.7. The first-order chi connectivity index (χ1) is 8.99. The summed E-state index contributed by atoms with van der Waals surface area (Å²) in [6.07, 6.45) is 0. The number of anilines is 1. The van der Waals surface area contributed by atoms with Gasteiger partial charge < -0.3 is 20.3 Å². The number of nitrogens with one attached hydrogen (secondary N) is 1. The number of nitrogens with zero attached hydrogens (tertiary/aromatic N) is 1. The minimum atomic E-state index is -1.33. The number of amides is 2. The van der Waals surface area contributed by atoms with Crippen molar-refractivity contribution in [2.45, 2.75) is 6.04 Å². The van der Waals surface area contributed by atoms with E-state index in [2.05, 4.69) is 5.32 Å². The third-order valence-corrected chi connectivity index (χ3v) is 2.52. The molecule has 0 fully saturated rings. The second-order valence-corrected chi connectivity index (χ2v) is 3.78. The van der Waals surface area contributed by atoms with Gasteiger partial charge >= 0.3 is 12.0 Å². The molecule has 1 aromatic carbocycles. The summed E-state index contributed by atoms with van der Waals surface area (Å²) in [6.45, 7) is -0.674. The van der Waals surface area contributed by atoms with E-state index < -0.39 is 24.6 Å². The maximum atomic E-state index is 11.8. The Balaban J connectivity index is 2.78. The van der Waals surface area contributed by atoms with Gasteiger partial charge in [0.15, 0.2) is 6.04 Å². The van der Waals surface area contributed by atoms with Gasteiger partial charge in [0.05, 0.1) is 13.7 Å². The van der Waals surface area contributed by atoms with Gasteiger partial charge in [-0.2, -0.15) is 0 Å². The van der Waals surface area contributed by atoms with E-state index in [0.717, 1.165) is 0 Å². The Morgan fingerprint density at radius 3 is 2.68 bits per heavy atom. The molecule has 0 unspecified atom stereocenters. The largest absolute Gasteiger partial charge is 0.497 e. The number of carbonyl (C=O) groups is 2. The molecule has 1 aromatic rings. The highest BCUT2D eigenvalue weighted by molar-refractivity contribution is 5.94. The summed E-state index contributed by atoms with van der Waals surface area (Å²) in [4.78, 5) is 23.8. The molecule has 0 heterocycles. The first kappa shape index (κ1) is 14.8. The molecule has 1 rings (SSSR count). The van der Waals surface area contributed by atoms with Crippen LogP contribution in [0.4, 0.5) is 10.5 Å². The van der Waals surface area contributed by atoms with E-state index in [1.54, 1.807) is 24.3 Å². The lowest BCUT2D eigenvalue weighted by Gasteiger charge is -2.20. The Hall–Kier alpha value is -2.28. The first-order valence-electron chi connectivity index (χ1n) is 5.51. The molecule has 0 aliphatic carbocycles. The standard InChI is InChI=1S/C12H16N2O5/c1-14(8-4-3-5-9(6-8)19-2)12(18)13-10(7-15)11(16)17/h3-6,10,15H,7H2,1-2H3,(H,13,18)(H,16,17)/t10-/m1/s1. The zero-order chi connectivity index (χ0) is 14.4. The van der Waals surface area contributed by atoms with Crippen molar-refractivity contribution in [3.05, 3.63) is 24.3 Å². The third kappa shape index (κ3) is 3.85. The Morgan fingerprint density at radius 2 is 2.16 bits per heavy atom. The molecule has 3 N–H and O–H groups in total. The number of urea groups is 1. The van der Waals surface area contributed by atoms with E-state index in [1.165, 1.54) is 19.1 Å². The number of hydrogen-bond donors (Lipinski definition) is 3. The van der Waals surface area contributed by atoms with E-state index >= 15 is 0 Å². The van der Waals surface area contributed by atoms with Crippen molar-refractivity contribution in [1.82, 2.24) is 5.32 Å². The van der Waals surface area contributed by atoms with Crippen LogP contribution in [0.5, 0.6) is 5.75 Å². The summed E-state index contributed by atoms with van der Waals surface area (Å²) in [7, 11) is 2.99. The maximum Gasteiger partial charge on any atom is 0.328 e. The van der Waals surface area contributed by atoms with Crippen molar-refractivity contribution in [3.63, 3.8) is 0 Å². The molecule has 0 bridgehead atoms. The highest BCUT2D eigenvalue weighted by Crippen LogP contribution is 2.19. The van der Waals surface area contributed by atoms with Crippen molar-refractivity contribution in [1.29, 1.82) is 0 Å². The lowest BCUT2D eigenvalue weighted by atomic mass is 10.3. The number of rotatable bonds is 5. The van der Waals surface area contributed by atoms with Crippen LogP contribution in [0.1, 0.15) is 0 Å². The van der Waals surface area contributed by atoms with Crippen LogP contribution in [-0.2, 0) is 4.79 Å². The lowest BCUT2D eigenvalue weighted by Crippen LogP contribution is -2.48. The normalized spacial score (nSPS) is 11.5. The fourth-order valence-corrected chi connectivity index (χ4v) is 1.37. The molecule has 2 amide bonds. The fourth-order valence-electron chi connectivity index (χ4n) is 1.37. The number of ether oxygens (including phenoxy) is 1. The molecule has 0 radical (unpaired) electrons. The van der Waals surface area contributed by atoms with E-state index in [4.69, 9.17) is 14.9 Å². The van der Waals surface area contributed by atoms with Crippen molar-refractivity contribution in [2.24, 2.45) is 0 Å². The van der Waals surface area contributed by atoms with E-state index in [1.807, 2.05) is 0 Å². The predicted molar refractivity (Wildman–Crippen MR) is 68.4 cm³/mol. The van der Waals surface area contributed by atoms with Gasteiger partial charge in [0.1, 0.15) is 5.75 Å². The molecule has 19 heavy (non-hydrogen) atoms. The van der Waals surface area contributed by atoms with Gasteiger partial charge in [-0.15, -0.1) is 0 Å². The summed E-state index contributed by atoms with van der Waals surface area (Å²) in [5.74, 6) is -0.719. The molecule has 0 aliphatic rings. The molecule has 0 aliphatic heterocycles. The molecule has 104 valence electrons. The van der Waals surface area contributed by atoms with Gasteiger partial charge in [0, 0.05) is 18.8 Å². The molecule has 0 aromatic heterocycles. The third-order valence-electron chi connectivity index (χ3n) is 2.52. The number of aliphatic carboxylic acids is 1. The average Bonchev–Trinajstić information content (AvgIpc) is 2.43. The predicted octanol–water partition coefficient (Wildman–Crippen LogP) is 0.286. The lowest BCUT2D eigenvalue weighted by molar-refractivity contribution is -0.140. The molecule has 0 spiro atoms. The molecule has 0 saturated carbocycles. The molecule has 7 heteroatoms. The highest BCUT2D eigenvalue weighted by atomic mass is 16.5. The SMILES string of the molecule is COc1cccc(N(C)C(=O)N[C@H](CO)C(=O)O)c1. The molecule has 1 atom stereocenters. The quantitative estimate of drug-likeness (QED) is 0.712. The van der Waals surface area contributed by atoms with Crippen molar-refractivity contribution < 1.29 is 24.5 Å². The topological polar surface area (TPSA) is 99.1 Å². The minimum absolute atomic E-state index is 0.541. The first-order valence-corrected chi connectivity index (χ1v) is 5.51. The van der Waals surface area contributed by atoms with Crippen LogP contribution in [0.15, 0.2) is 24.3 Å². The van der Waals surface area contributed by atoms with Gasteiger partial charge in [-0.25, -0.2) is 9.59 Å². The fraction of sp³-hybridized carbons (Fsp3) is 0.333. The summed E-state index contributed by atoms with van der Waals surface area (Å²) in [6, 6.07) is 4.78. The second-order valence-electron chi connectivity index (χ2n) is 3.78. The summed E-state index contributed by atoms with van der Waals surface area (Å²) in [5.41, 5.74) is 0.541. The van der Waals surface area contributed by atoms with Crippen LogP contribution < -0.4 is 15.0 Å². The maximum absolute atomic E-state index is 11.8. The van der Waals surface area contributed by atoms with Crippen molar-refractivity contribution in [2.75, 3.05) is 25.7 Å². The summed E-state index contributed by atoms with van der Waals surface area (Å²) < 4.78 is 5.03. The highest BCUT2D eigenvalue weighted by Gasteiger charge is 2.21. The Morgan fingerprint density at radius 1 is 1.47 bits per heavy atom. The van der Waals surface area contributed by atoms with E-state index in [0.29, 0.717) is 11.4 Å². The van der Waals surface area contributed by atoms with Gasteiger partial charge in [0.25, 0.3) is 0 Å². The van der Waals surface area contributed by atoms with Crippen molar-refractivity contribution in [3.8, 4) is 5.75 Å². The van der Waals surface area contributed by atoms with Gasteiger partial charge in [0.2, 0.25) is 0 Å². The van der Waals surface area contributed by atoms with Crippen LogP contribution in [0, 0.1) is 0 Å². The number of benzene rings is 1. The number of aliphatic hydroxyl groups excluding tert-OH is 1. The molecule has 0 saturated heterocycles. The number of hydrogen-bond acceptors (Lipinski definition) is 4. The number of carboxylic acids is 1. The van der Waals surface area contributed by atoms with Crippen LogP contribution in [0.3, 0.4) is 0 Å². The van der Waals surface area contributed by atoms with Gasteiger partial charge in [-0.3, -0.25) is 4.90 Å². The molecular formula is C12H16N2O5. The van der Waals surface area contributed by atoms with E-state index in [9.17, 15) is 9.59 Å². The number of carboxylic acid groups (broad SMARTS) is 1. The minimum Gasteiger partial charge on any atom is -0.497 e. The number of aliphatic hydroxyl groups is 1. The average molecular weight is 268 g/mol.